The van der Waals surface area contributed by atoms with Crippen LogP contribution >= 0.6 is 0 Å². The molecule has 0 fully saturated rings. The number of hydrogen-bond acceptors (Lipinski definition) is 6. The van der Waals surface area contributed by atoms with Crippen LogP contribution in [0.3, 0.4) is 0 Å². The third-order valence-electron chi connectivity index (χ3n) is 2.21. The van der Waals surface area contributed by atoms with Gasteiger partial charge in [0.2, 0.25) is 10.0 Å². The maximum Gasteiger partial charge on any atom is 0.312 e. The number of aromatic hydroxyl groups is 1. The highest BCUT2D eigenvalue weighted by atomic mass is 32.2. The zero-order valence-corrected chi connectivity index (χ0v) is 10.6. The number of sulfonamides is 1. The van der Waals surface area contributed by atoms with Crippen LogP contribution < -0.4 is 4.72 Å². The minimum atomic E-state index is -3.89. The SMILES string of the molecule is N#CCCCNS(=O)(=O)c1ccc(O)c([N+](=O)[O-])c1. The quantitative estimate of drug-likeness (QED) is 0.452. The number of nitrogens with zero attached hydrogens (tertiary/aromatic N) is 2. The Hall–Kier alpha value is -2.18. The van der Waals surface area contributed by atoms with Gasteiger partial charge in [0.25, 0.3) is 0 Å². The second-order valence-corrected chi connectivity index (χ2v) is 5.33. The molecule has 0 aliphatic carbocycles. The zero-order valence-electron chi connectivity index (χ0n) is 9.74. The number of unbranched alkanes of at least 4 members (excludes halogenated alkanes) is 1. The van der Waals surface area contributed by atoms with Crippen molar-refractivity contribution in [1.82, 2.24) is 4.72 Å². The average Bonchev–Trinajstić information content (AvgIpc) is 2.34. The van der Waals surface area contributed by atoms with Gasteiger partial charge in [-0.25, -0.2) is 13.1 Å². The second-order valence-electron chi connectivity index (χ2n) is 3.57. The standard InChI is InChI=1S/C10H11N3O5S/c11-5-1-2-6-12-19(17,18)8-3-4-10(14)9(7-8)13(15)16/h3-4,7,12,14H,1-2,6H2. The summed E-state index contributed by atoms with van der Waals surface area (Å²) in [6.45, 7) is 0.0601. The molecule has 102 valence electrons. The number of rotatable bonds is 6. The van der Waals surface area contributed by atoms with Crippen LogP contribution in [0, 0.1) is 21.4 Å². The van der Waals surface area contributed by atoms with Gasteiger partial charge in [-0.2, -0.15) is 5.26 Å². The van der Waals surface area contributed by atoms with E-state index in [9.17, 15) is 23.6 Å². The fraction of sp³-hybridized carbons (Fsp3) is 0.300. The normalized spacial score (nSPS) is 10.9. The van der Waals surface area contributed by atoms with E-state index < -0.39 is 26.4 Å². The highest BCUT2D eigenvalue weighted by molar-refractivity contribution is 7.89. The molecule has 0 saturated heterocycles. The lowest BCUT2D eigenvalue weighted by atomic mass is 10.3. The monoisotopic (exact) mass is 285 g/mol. The molecule has 0 bridgehead atoms. The van der Waals surface area contributed by atoms with Crippen molar-refractivity contribution in [3.05, 3.63) is 28.3 Å². The van der Waals surface area contributed by atoms with Crippen molar-refractivity contribution in [3.63, 3.8) is 0 Å². The van der Waals surface area contributed by atoms with Gasteiger partial charge in [-0.05, 0) is 18.6 Å². The Bertz CT molecular complexity index is 621. The van der Waals surface area contributed by atoms with E-state index in [4.69, 9.17) is 5.26 Å². The molecule has 0 spiro atoms. The van der Waals surface area contributed by atoms with E-state index in [0.717, 1.165) is 18.2 Å². The average molecular weight is 285 g/mol. The third-order valence-corrected chi connectivity index (χ3v) is 3.67. The fourth-order valence-corrected chi connectivity index (χ4v) is 2.37. The van der Waals surface area contributed by atoms with Gasteiger partial charge in [-0.1, -0.05) is 0 Å². The molecule has 1 aromatic rings. The molecule has 8 nitrogen and oxygen atoms in total. The molecule has 0 aromatic heterocycles. The Morgan fingerprint density at radius 2 is 2.16 bits per heavy atom. The van der Waals surface area contributed by atoms with E-state index in [0.29, 0.717) is 6.42 Å². The molecular formula is C10H11N3O5S. The first-order chi connectivity index (χ1) is 8.88. The summed E-state index contributed by atoms with van der Waals surface area (Å²) in [4.78, 5) is 9.41. The van der Waals surface area contributed by atoms with Crippen molar-refractivity contribution < 1.29 is 18.4 Å². The van der Waals surface area contributed by atoms with E-state index in [2.05, 4.69) is 4.72 Å². The first-order valence-electron chi connectivity index (χ1n) is 5.22. The van der Waals surface area contributed by atoms with Gasteiger partial charge < -0.3 is 5.11 Å². The lowest BCUT2D eigenvalue weighted by Crippen LogP contribution is -2.24. The van der Waals surface area contributed by atoms with Crippen molar-refractivity contribution in [2.75, 3.05) is 6.54 Å². The molecule has 0 heterocycles. The van der Waals surface area contributed by atoms with Gasteiger partial charge in [0.1, 0.15) is 0 Å². The van der Waals surface area contributed by atoms with Crippen LogP contribution in [-0.2, 0) is 10.0 Å². The van der Waals surface area contributed by atoms with Crippen molar-refractivity contribution in [2.45, 2.75) is 17.7 Å². The molecule has 0 unspecified atom stereocenters. The highest BCUT2D eigenvalue weighted by Crippen LogP contribution is 2.28. The number of nitriles is 1. The number of benzene rings is 1. The summed E-state index contributed by atoms with van der Waals surface area (Å²) in [7, 11) is -3.89. The maximum atomic E-state index is 11.8. The summed E-state index contributed by atoms with van der Waals surface area (Å²) in [5.41, 5.74) is -0.681. The summed E-state index contributed by atoms with van der Waals surface area (Å²) < 4.78 is 25.8. The smallest absolute Gasteiger partial charge is 0.312 e. The molecule has 0 saturated carbocycles. The number of hydrogen-bond donors (Lipinski definition) is 2. The Morgan fingerprint density at radius 1 is 1.47 bits per heavy atom. The molecule has 0 aliphatic heterocycles. The maximum absolute atomic E-state index is 11.8. The molecule has 0 atom stereocenters. The molecular weight excluding hydrogens is 274 g/mol. The highest BCUT2D eigenvalue weighted by Gasteiger charge is 2.20. The predicted molar refractivity (Wildman–Crippen MR) is 64.8 cm³/mol. The van der Waals surface area contributed by atoms with Gasteiger partial charge >= 0.3 is 5.69 Å². The van der Waals surface area contributed by atoms with Crippen LogP contribution in [-0.4, -0.2) is 25.0 Å². The minimum Gasteiger partial charge on any atom is -0.502 e. The van der Waals surface area contributed by atoms with E-state index in [1.54, 1.807) is 0 Å². The molecule has 1 rings (SSSR count). The van der Waals surface area contributed by atoms with Crippen LogP contribution in [0.2, 0.25) is 0 Å². The molecule has 19 heavy (non-hydrogen) atoms. The van der Waals surface area contributed by atoms with E-state index in [1.807, 2.05) is 6.07 Å². The molecule has 0 aliphatic rings. The van der Waals surface area contributed by atoms with Crippen LogP contribution in [0.15, 0.2) is 23.1 Å². The first kappa shape index (κ1) is 14.9. The van der Waals surface area contributed by atoms with E-state index in [1.165, 1.54) is 0 Å². The summed E-state index contributed by atoms with van der Waals surface area (Å²) in [5, 5.41) is 28.1. The van der Waals surface area contributed by atoms with Gasteiger partial charge in [0.15, 0.2) is 5.75 Å². The second kappa shape index (κ2) is 6.12. The summed E-state index contributed by atoms with van der Waals surface area (Å²) in [6, 6.07) is 4.66. The number of nitro benzene ring substituents is 1. The number of nitro groups is 1. The lowest BCUT2D eigenvalue weighted by molar-refractivity contribution is -0.386. The fourth-order valence-electron chi connectivity index (χ4n) is 1.27. The Morgan fingerprint density at radius 3 is 2.74 bits per heavy atom. The van der Waals surface area contributed by atoms with Crippen molar-refractivity contribution in [1.29, 1.82) is 5.26 Å². The summed E-state index contributed by atoms with van der Waals surface area (Å²) in [5.74, 6) is -0.603. The molecule has 0 amide bonds. The molecule has 9 heteroatoms. The lowest BCUT2D eigenvalue weighted by Gasteiger charge is -2.06. The summed E-state index contributed by atoms with van der Waals surface area (Å²) in [6.07, 6.45) is 0.550. The van der Waals surface area contributed by atoms with Crippen LogP contribution in [0.5, 0.6) is 5.75 Å². The van der Waals surface area contributed by atoms with Gasteiger partial charge in [0, 0.05) is 19.0 Å². The van der Waals surface area contributed by atoms with Crippen molar-refractivity contribution >= 4 is 15.7 Å². The Kier molecular flexibility index (Phi) is 4.80. The van der Waals surface area contributed by atoms with Crippen LogP contribution in [0.1, 0.15) is 12.8 Å². The van der Waals surface area contributed by atoms with Gasteiger partial charge in [-0.15, -0.1) is 0 Å². The number of phenols is 1. The van der Waals surface area contributed by atoms with Gasteiger partial charge in [-0.3, -0.25) is 10.1 Å². The third kappa shape index (κ3) is 3.90. The van der Waals surface area contributed by atoms with Crippen LogP contribution in [0.25, 0.3) is 0 Å². The van der Waals surface area contributed by atoms with E-state index in [-0.39, 0.29) is 17.9 Å². The largest absolute Gasteiger partial charge is 0.502 e. The topological polar surface area (TPSA) is 133 Å². The Balaban J connectivity index is 2.93. The Labute approximate surface area is 109 Å². The molecule has 0 radical (unpaired) electrons. The molecule has 1 aromatic carbocycles. The predicted octanol–water partition coefficient (Wildman–Crippen LogP) is 0.882. The van der Waals surface area contributed by atoms with Crippen molar-refractivity contribution in [2.24, 2.45) is 0 Å². The zero-order chi connectivity index (χ0) is 14.5. The van der Waals surface area contributed by atoms with E-state index >= 15 is 0 Å². The minimum absolute atomic E-state index is 0.0601. The molecule has 2 N–H and O–H groups in total. The summed E-state index contributed by atoms with van der Waals surface area (Å²) >= 11 is 0. The van der Waals surface area contributed by atoms with Gasteiger partial charge in [0.05, 0.1) is 15.9 Å². The first-order valence-corrected chi connectivity index (χ1v) is 6.71. The van der Waals surface area contributed by atoms with Crippen LogP contribution in [0.4, 0.5) is 5.69 Å². The van der Waals surface area contributed by atoms with Crippen molar-refractivity contribution in [3.8, 4) is 11.8 Å². The number of nitrogens with one attached hydrogen (secondary N) is 1. The number of phenolic OH excluding ortho intramolecular Hbond substituents is 1.